The highest BCUT2D eigenvalue weighted by atomic mass is 16.5. The van der Waals surface area contributed by atoms with Gasteiger partial charge in [-0.15, -0.1) is 0 Å². The monoisotopic (exact) mass is 305 g/mol. The number of ether oxygens (including phenoxy) is 2. The maximum atomic E-state index is 12.1. The molecule has 1 saturated carbocycles. The lowest BCUT2D eigenvalue weighted by atomic mass is 10.1. The molecule has 1 aromatic rings. The molecule has 1 aliphatic heterocycles. The molecule has 2 heterocycles. The quantitative estimate of drug-likeness (QED) is 0.827. The zero-order valence-electron chi connectivity index (χ0n) is 13.0. The summed E-state index contributed by atoms with van der Waals surface area (Å²) in [5, 5.41) is 3.02. The van der Waals surface area contributed by atoms with Crippen LogP contribution in [-0.2, 0) is 14.3 Å². The van der Waals surface area contributed by atoms with E-state index in [4.69, 9.17) is 9.47 Å². The minimum atomic E-state index is -0.111. The van der Waals surface area contributed by atoms with Crippen molar-refractivity contribution >= 4 is 5.91 Å². The molecule has 2 atom stereocenters. The molecule has 120 valence electrons. The smallest absolute Gasteiger partial charge is 0.246 e. The second-order valence-electron chi connectivity index (χ2n) is 6.09. The summed E-state index contributed by atoms with van der Waals surface area (Å²) in [5.41, 5.74) is 0.916. The number of nitrogens with one attached hydrogen (secondary N) is 1. The molecule has 22 heavy (non-hydrogen) atoms. The van der Waals surface area contributed by atoms with Crippen LogP contribution in [0.15, 0.2) is 12.3 Å². The average Bonchev–Trinajstić information content (AvgIpc) is 3.21. The van der Waals surface area contributed by atoms with E-state index in [1.165, 1.54) is 0 Å². The number of aromatic nitrogens is 2. The van der Waals surface area contributed by atoms with Crippen LogP contribution in [0.3, 0.4) is 0 Å². The number of carbonyl (C=O) groups is 1. The van der Waals surface area contributed by atoms with E-state index in [0.717, 1.165) is 38.0 Å². The third-order valence-corrected chi connectivity index (χ3v) is 4.06. The third-order valence-electron chi connectivity index (χ3n) is 4.06. The van der Waals surface area contributed by atoms with Crippen LogP contribution in [0.2, 0.25) is 0 Å². The number of hydrogen-bond acceptors (Lipinski definition) is 5. The number of nitrogens with zero attached hydrogens (tertiary/aromatic N) is 2. The molecule has 0 spiro atoms. The molecule has 6 heteroatoms. The molecular formula is C16H23N3O3. The molecule has 0 unspecified atom stereocenters. The number of rotatable bonds is 7. The highest BCUT2D eigenvalue weighted by Crippen LogP contribution is 2.39. The van der Waals surface area contributed by atoms with Crippen LogP contribution in [0, 0.1) is 12.8 Å². The number of hydrogen-bond donors (Lipinski definition) is 1. The molecule has 0 aromatic carbocycles. The van der Waals surface area contributed by atoms with Crippen LogP contribution >= 0.6 is 0 Å². The Labute approximate surface area is 130 Å². The van der Waals surface area contributed by atoms with E-state index in [9.17, 15) is 4.79 Å². The van der Waals surface area contributed by atoms with E-state index >= 15 is 0 Å². The Bertz CT molecular complexity index is 513. The van der Waals surface area contributed by atoms with Gasteiger partial charge in [-0.3, -0.25) is 4.79 Å². The third kappa shape index (κ3) is 4.24. The van der Waals surface area contributed by atoms with Crippen molar-refractivity contribution in [1.29, 1.82) is 0 Å². The summed E-state index contributed by atoms with van der Waals surface area (Å²) in [7, 11) is 0. The van der Waals surface area contributed by atoms with Gasteiger partial charge in [0.15, 0.2) is 5.82 Å². The second kappa shape index (κ2) is 7.15. The van der Waals surface area contributed by atoms with Crippen LogP contribution in [0.5, 0.6) is 0 Å². The fraction of sp³-hybridized carbons (Fsp3) is 0.688. The zero-order valence-corrected chi connectivity index (χ0v) is 13.0. The van der Waals surface area contributed by atoms with Crippen molar-refractivity contribution in [3.05, 3.63) is 23.8 Å². The lowest BCUT2D eigenvalue weighted by Crippen LogP contribution is -2.34. The predicted octanol–water partition coefficient (Wildman–Crippen LogP) is 1.55. The van der Waals surface area contributed by atoms with Crippen molar-refractivity contribution in [2.75, 3.05) is 19.8 Å². The topological polar surface area (TPSA) is 73.3 Å². The van der Waals surface area contributed by atoms with Gasteiger partial charge in [-0.1, -0.05) is 0 Å². The average molecular weight is 305 g/mol. The zero-order chi connectivity index (χ0) is 15.4. The van der Waals surface area contributed by atoms with E-state index in [-0.39, 0.29) is 24.7 Å². The minimum absolute atomic E-state index is 0.0644. The Hall–Kier alpha value is -1.53. The van der Waals surface area contributed by atoms with E-state index in [1.807, 2.05) is 13.0 Å². The van der Waals surface area contributed by atoms with Gasteiger partial charge in [0.25, 0.3) is 0 Å². The highest BCUT2D eigenvalue weighted by molar-refractivity contribution is 5.77. The van der Waals surface area contributed by atoms with Crippen molar-refractivity contribution in [3.8, 4) is 0 Å². The van der Waals surface area contributed by atoms with E-state index in [0.29, 0.717) is 18.3 Å². The van der Waals surface area contributed by atoms with Crippen LogP contribution in [0.1, 0.15) is 43.2 Å². The largest absolute Gasteiger partial charge is 0.376 e. The fourth-order valence-electron chi connectivity index (χ4n) is 2.71. The number of carbonyl (C=O) groups excluding carboxylic acids is 1. The van der Waals surface area contributed by atoms with E-state index < -0.39 is 0 Å². The first-order valence-corrected chi connectivity index (χ1v) is 8.00. The van der Waals surface area contributed by atoms with Crippen molar-refractivity contribution in [2.45, 2.75) is 44.8 Å². The van der Waals surface area contributed by atoms with Gasteiger partial charge in [0.05, 0.1) is 18.8 Å². The van der Waals surface area contributed by atoms with Gasteiger partial charge in [-0.2, -0.15) is 0 Å². The maximum Gasteiger partial charge on any atom is 0.246 e. The first-order valence-electron chi connectivity index (χ1n) is 8.00. The molecule has 1 N–H and O–H groups in total. The van der Waals surface area contributed by atoms with Gasteiger partial charge >= 0.3 is 0 Å². The Morgan fingerprint density at radius 3 is 3.05 bits per heavy atom. The van der Waals surface area contributed by atoms with Gasteiger partial charge in [0, 0.05) is 18.5 Å². The van der Waals surface area contributed by atoms with Crippen LogP contribution in [0.4, 0.5) is 0 Å². The van der Waals surface area contributed by atoms with Crippen molar-refractivity contribution in [3.63, 3.8) is 0 Å². The van der Waals surface area contributed by atoms with E-state index in [2.05, 4.69) is 15.3 Å². The van der Waals surface area contributed by atoms with Gasteiger partial charge in [0.1, 0.15) is 6.61 Å². The summed E-state index contributed by atoms with van der Waals surface area (Å²) in [6.07, 6.45) is 6.20. The lowest BCUT2D eigenvalue weighted by Gasteiger charge is -2.17. The van der Waals surface area contributed by atoms with Crippen LogP contribution in [0.25, 0.3) is 0 Å². The molecule has 1 saturated heterocycles. The summed E-state index contributed by atoms with van der Waals surface area (Å²) >= 11 is 0. The molecule has 2 fully saturated rings. The SMILES string of the molecule is Cc1ccnc([C@@H](NC(=O)COC[C@@H]2CCCO2)C2CC2)n1. The predicted molar refractivity (Wildman–Crippen MR) is 80.2 cm³/mol. The lowest BCUT2D eigenvalue weighted by molar-refractivity contribution is -0.127. The first kappa shape index (κ1) is 15.4. The van der Waals surface area contributed by atoms with Crippen LogP contribution < -0.4 is 5.32 Å². The van der Waals surface area contributed by atoms with Crippen molar-refractivity contribution < 1.29 is 14.3 Å². The van der Waals surface area contributed by atoms with Gasteiger partial charge in [-0.25, -0.2) is 9.97 Å². The van der Waals surface area contributed by atoms with Crippen molar-refractivity contribution in [2.24, 2.45) is 5.92 Å². The Kier molecular flexibility index (Phi) is 5.00. The molecule has 1 aromatic heterocycles. The summed E-state index contributed by atoms with van der Waals surface area (Å²) < 4.78 is 10.9. The molecule has 0 bridgehead atoms. The van der Waals surface area contributed by atoms with Crippen LogP contribution in [-0.4, -0.2) is 41.8 Å². The molecule has 6 nitrogen and oxygen atoms in total. The molecule has 2 aliphatic rings. The molecule has 1 aliphatic carbocycles. The van der Waals surface area contributed by atoms with Crippen molar-refractivity contribution in [1.82, 2.24) is 15.3 Å². The Balaban J connectivity index is 1.49. The van der Waals surface area contributed by atoms with Gasteiger partial charge < -0.3 is 14.8 Å². The second-order valence-corrected chi connectivity index (χ2v) is 6.09. The Morgan fingerprint density at radius 1 is 1.50 bits per heavy atom. The van der Waals surface area contributed by atoms with Gasteiger partial charge in [-0.05, 0) is 44.6 Å². The number of aryl methyl sites for hydroxylation is 1. The summed E-state index contributed by atoms with van der Waals surface area (Å²) in [5.74, 6) is 1.04. The molecule has 0 radical (unpaired) electrons. The molecule has 3 rings (SSSR count). The molecule has 1 amide bonds. The summed E-state index contributed by atoms with van der Waals surface area (Å²) in [4.78, 5) is 20.8. The summed E-state index contributed by atoms with van der Waals surface area (Å²) in [6.45, 7) is 3.29. The Morgan fingerprint density at radius 2 is 2.36 bits per heavy atom. The van der Waals surface area contributed by atoms with E-state index in [1.54, 1.807) is 6.20 Å². The standard InChI is InChI=1S/C16H23N3O3/c1-11-6-7-17-16(18-11)15(12-4-5-12)19-14(20)10-21-9-13-3-2-8-22-13/h6-7,12-13,15H,2-5,8-10H2,1H3,(H,19,20)/t13-,15-/m0/s1. The van der Waals surface area contributed by atoms with Gasteiger partial charge in [0.2, 0.25) is 5.91 Å². The normalized spacial score (nSPS) is 22.5. The number of amides is 1. The fourth-order valence-corrected chi connectivity index (χ4v) is 2.71. The highest BCUT2D eigenvalue weighted by Gasteiger charge is 2.35. The minimum Gasteiger partial charge on any atom is -0.376 e. The first-order chi connectivity index (χ1) is 10.7. The maximum absolute atomic E-state index is 12.1. The summed E-state index contributed by atoms with van der Waals surface area (Å²) in [6, 6.07) is 1.76. The molecular weight excluding hydrogens is 282 g/mol.